The van der Waals surface area contributed by atoms with Crippen molar-refractivity contribution in [2.45, 2.75) is 6.54 Å². The summed E-state index contributed by atoms with van der Waals surface area (Å²) in [5, 5.41) is 5.81. The second-order valence-electron chi connectivity index (χ2n) is 3.96. The largest absolute Gasteiger partial charge is 0.361 e. The Kier molecular flexibility index (Phi) is 4.92. The van der Waals surface area contributed by atoms with Crippen molar-refractivity contribution in [2.24, 2.45) is 0 Å². The number of nitrogens with zero attached hydrogens (tertiary/aromatic N) is 1. The molecule has 2 aromatic rings. The van der Waals surface area contributed by atoms with Crippen LogP contribution in [0.1, 0.15) is 5.56 Å². The zero-order valence-corrected chi connectivity index (χ0v) is 11.9. The van der Waals surface area contributed by atoms with E-state index < -0.39 is 0 Å². The molecule has 0 aliphatic rings. The fraction of sp³-hybridized carbons (Fsp3) is 0.143. The van der Waals surface area contributed by atoms with Crippen molar-refractivity contribution in [2.75, 3.05) is 11.9 Å². The van der Waals surface area contributed by atoms with E-state index in [1.807, 2.05) is 48.5 Å². The van der Waals surface area contributed by atoms with Crippen molar-refractivity contribution < 1.29 is 4.79 Å². The van der Waals surface area contributed by atoms with Crippen LogP contribution >= 0.6 is 15.9 Å². The number of pyridine rings is 1. The summed E-state index contributed by atoms with van der Waals surface area (Å²) in [5.41, 5.74) is 1.08. The number of aromatic nitrogens is 1. The lowest BCUT2D eigenvalue weighted by Gasteiger charge is -2.07. The van der Waals surface area contributed by atoms with Gasteiger partial charge in [0, 0.05) is 6.54 Å². The quantitative estimate of drug-likeness (QED) is 0.833. The summed E-state index contributed by atoms with van der Waals surface area (Å²) in [6.45, 7) is 0.740. The van der Waals surface area contributed by atoms with Crippen LogP contribution in [0, 0.1) is 0 Å². The molecule has 98 valence electrons. The summed E-state index contributed by atoms with van der Waals surface area (Å²) in [6.07, 6.45) is 0. The molecular weight excluding hydrogens is 306 g/mol. The van der Waals surface area contributed by atoms with Crippen LogP contribution in [0.15, 0.2) is 53.1 Å². The fourth-order valence-electron chi connectivity index (χ4n) is 1.54. The lowest BCUT2D eigenvalue weighted by Crippen LogP contribution is -2.29. The lowest BCUT2D eigenvalue weighted by atomic mass is 10.2. The molecule has 0 bridgehead atoms. The minimum Gasteiger partial charge on any atom is -0.361 e. The van der Waals surface area contributed by atoms with E-state index in [9.17, 15) is 4.79 Å². The van der Waals surface area contributed by atoms with Gasteiger partial charge in [0.1, 0.15) is 10.4 Å². The first-order chi connectivity index (χ1) is 9.24. The maximum Gasteiger partial charge on any atom is 0.239 e. The van der Waals surface area contributed by atoms with E-state index in [1.165, 1.54) is 0 Å². The summed E-state index contributed by atoms with van der Waals surface area (Å²) < 4.78 is 0.738. The van der Waals surface area contributed by atoms with Gasteiger partial charge < -0.3 is 10.6 Å². The van der Waals surface area contributed by atoms with Gasteiger partial charge in [-0.2, -0.15) is 0 Å². The number of amides is 1. The van der Waals surface area contributed by atoms with Crippen molar-refractivity contribution in [3.63, 3.8) is 0 Å². The van der Waals surface area contributed by atoms with Crippen LogP contribution in [0.5, 0.6) is 0 Å². The maximum atomic E-state index is 11.7. The predicted molar refractivity (Wildman–Crippen MR) is 78.7 cm³/mol. The summed E-state index contributed by atoms with van der Waals surface area (Å²) in [5.74, 6) is 0.606. The summed E-state index contributed by atoms with van der Waals surface area (Å²) in [7, 11) is 0. The second-order valence-corrected chi connectivity index (χ2v) is 4.77. The van der Waals surface area contributed by atoms with Crippen LogP contribution in [-0.4, -0.2) is 17.4 Å². The average Bonchev–Trinajstić information content (AvgIpc) is 2.44. The Labute approximate surface area is 120 Å². The van der Waals surface area contributed by atoms with Gasteiger partial charge in [0.2, 0.25) is 5.91 Å². The molecule has 19 heavy (non-hydrogen) atoms. The molecule has 0 fully saturated rings. The van der Waals surface area contributed by atoms with Gasteiger partial charge in [0.05, 0.1) is 6.54 Å². The zero-order valence-electron chi connectivity index (χ0n) is 10.3. The molecule has 2 N–H and O–H groups in total. The molecule has 0 saturated carbocycles. The number of carbonyl (C=O) groups excluding carboxylic acids is 1. The summed E-state index contributed by atoms with van der Waals surface area (Å²) in [4.78, 5) is 15.9. The van der Waals surface area contributed by atoms with E-state index in [0.717, 1.165) is 10.2 Å². The predicted octanol–water partition coefficient (Wildman–Crippen LogP) is 2.57. The number of rotatable bonds is 5. The fourth-order valence-corrected chi connectivity index (χ4v) is 1.88. The molecule has 0 aliphatic carbocycles. The van der Waals surface area contributed by atoms with Crippen molar-refractivity contribution in [3.8, 4) is 0 Å². The minimum absolute atomic E-state index is 0.0642. The van der Waals surface area contributed by atoms with E-state index in [4.69, 9.17) is 0 Å². The number of halogens is 1. The Hall–Kier alpha value is -1.88. The lowest BCUT2D eigenvalue weighted by molar-refractivity contribution is -0.119. The van der Waals surface area contributed by atoms with Gasteiger partial charge >= 0.3 is 0 Å². The van der Waals surface area contributed by atoms with E-state index in [1.54, 1.807) is 0 Å². The first-order valence-electron chi connectivity index (χ1n) is 5.91. The van der Waals surface area contributed by atoms with Crippen LogP contribution in [0.2, 0.25) is 0 Å². The van der Waals surface area contributed by atoms with Gasteiger partial charge in [-0.3, -0.25) is 4.79 Å². The van der Waals surface area contributed by atoms with Gasteiger partial charge in [0.15, 0.2) is 0 Å². The standard InChI is InChI=1S/C14H14BrN3O/c15-12-7-4-8-13(18-12)16-10-14(19)17-9-11-5-2-1-3-6-11/h1-8H,9-10H2,(H,16,18)(H,17,19). The van der Waals surface area contributed by atoms with Gasteiger partial charge in [-0.05, 0) is 33.6 Å². The van der Waals surface area contributed by atoms with E-state index in [0.29, 0.717) is 12.4 Å². The smallest absolute Gasteiger partial charge is 0.239 e. The highest BCUT2D eigenvalue weighted by Crippen LogP contribution is 2.09. The Morgan fingerprint density at radius 2 is 1.89 bits per heavy atom. The first kappa shape index (κ1) is 13.5. The Balaban J connectivity index is 1.76. The van der Waals surface area contributed by atoms with Gasteiger partial charge in [-0.1, -0.05) is 36.4 Å². The Morgan fingerprint density at radius 1 is 1.11 bits per heavy atom. The molecule has 4 nitrogen and oxygen atoms in total. The molecular formula is C14H14BrN3O. The van der Waals surface area contributed by atoms with Gasteiger partial charge in [-0.25, -0.2) is 4.98 Å². The highest BCUT2D eigenvalue weighted by atomic mass is 79.9. The number of carbonyl (C=O) groups is 1. The Morgan fingerprint density at radius 3 is 2.63 bits per heavy atom. The highest BCUT2D eigenvalue weighted by molar-refractivity contribution is 9.10. The van der Waals surface area contributed by atoms with Crippen LogP contribution in [0.4, 0.5) is 5.82 Å². The summed E-state index contributed by atoms with van der Waals surface area (Å²) >= 11 is 3.28. The molecule has 5 heteroatoms. The number of hydrogen-bond donors (Lipinski definition) is 2. The maximum absolute atomic E-state index is 11.7. The molecule has 0 saturated heterocycles. The number of nitrogens with one attached hydrogen (secondary N) is 2. The SMILES string of the molecule is O=C(CNc1cccc(Br)n1)NCc1ccccc1. The normalized spacial score (nSPS) is 9.95. The zero-order chi connectivity index (χ0) is 13.5. The molecule has 0 unspecified atom stereocenters. The first-order valence-corrected chi connectivity index (χ1v) is 6.70. The molecule has 1 aromatic heterocycles. The van der Waals surface area contributed by atoms with Crippen LogP contribution in [0.25, 0.3) is 0 Å². The van der Waals surface area contributed by atoms with E-state index in [2.05, 4.69) is 31.5 Å². The van der Waals surface area contributed by atoms with Gasteiger partial charge in [-0.15, -0.1) is 0 Å². The molecule has 0 radical (unpaired) electrons. The van der Waals surface area contributed by atoms with Crippen molar-refractivity contribution in [1.29, 1.82) is 0 Å². The number of benzene rings is 1. The molecule has 1 amide bonds. The van der Waals surface area contributed by atoms with E-state index in [-0.39, 0.29) is 12.5 Å². The monoisotopic (exact) mass is 319 g/mol. The highest BCUT2D eigenvalue weighted by Gasteiger charge is 2.02. The summed E-state index contributed by atoms with van der Waals surface area (Å²) in [6, 6.07) is 15.3. The Bertz CT molecular complexity index is 545. The van der Waals surface area contributed by atoms with Crippen molar-refractivity contribution in [3.05, 3.63) is 58.7 Å². The van der Waals surface area contributed by atoms with E-state index >= 15 is 0 Å². The number of anilines is 1. The number of hydrogen-bond acceptors (Lipinski definition) is 3. The topological polar surface area (TPSA) is 54.0 Å². The molecule has 0 atom stereocenters. The van der Waals surface area contributed by atoms with Crippen molar-refractivity contribution in [1.82, 2.24) is 10.3 Å². The average molecular weight is 320 g/mol. The second kappa shape index (κ2) is 6.89. The third-order valence-corrected chi connectivity index (χ3v) is 2.92. The van der Waals surface area contributed by atoms with Gasteiger partial charge in [0.25, 0.3) is 0 Å². The third kappa shape index (κ3) is 4.71. The molecule has 0 aliphatic heterocycles. The van der Waals surface area contributed by atoms with Crippen LogP contribution in [-0.2, 0) is 11.3 Å². The van der Waals surface area contributed by atoms with Crippen molar-refractivity contribution >= 4 is 27.7 Å². The minimum atomic E-state index is -0.0642. The molecule has 2 rings (SSSR count). The molecule has 0 spiro atoms. The molecule has 1 aromatic carbocycles. The van der Waals surface area contributed by atoms with Crippen LogP contribution in [0.3, 0.4) is 0 Å². The molecule has 1 heterocycles. The van der Waals surface area contributed by atoms with Crippen LogP contribution < -0.4 is 10.6 Å². The third-order valence-electron chi connectivity index (χ3n) is 2.48.